The second-order valence-electron chi connectivity index (χ2n) is 3.65. The highest BCUT2D eigenvalue weighted by Crippen LogP contribution is 2.29. The van der Waals surface area contributed by atoms with Crippen LogP contribution >= 0.6 is 0 Å². The molecule has 0 aromatic rings. The van der Waals surface area contributed by atoms with E-state index in [0.29, 0.717) is 6.04 Å². The van der Waals surface area contributed by atoms with E-state index < -0.39 is 6.03 Å². The van der Waals surface area contributed by atoms with Crippen LogP contribution in [0.2, 0.25) is 0 Å². The van der Waals surface area contributed by atoms with Crippen molar-refractivity contribution in [2.24, 2.45) is 0 Å². The monoisotopic (exact) mass is 192 g/mol. The fourth-order valence-corrected chi connectivity index (χ4v) is 2.12. The van der Waals surface area contributed by atoms with Crippen molar-refractivity contribution < 1.29 is 18.6 Å². The van der Waals surface area contributed by atoms with Gasteiger partial charge in [-0.25, -0.2) is 0 Å². The first-order chi connectivity index (χ1) is 6.83. The molecule has 3 heterocycles. The SMILES string of the molecule is CC1C[N+]2=CC=COC23OC=CC=[N+]13. The first kappa shape index (κ1) is 7.79. The Morgan fingerprint density at radius 2 is 1.93 bits per heavy atom. The summed E-state index contributed by atoms with van der Waals surface area (Å²) < 4.78 is 15.3. The molecule has 1 saturated heterocycles. The van der Waals surface area contributed by atoms with Gasteiger partial charge in [-0.2, -0.15) is 0 Å². The van der Waals surface area contributed by atoms with E-state index in [9.17, 15) is 0 Å². The van der Waals surface area contributed by atoms with Crippen LogP contribution in [-0.4, -0.2) is 40.2 Å². The topological polar surface area (TPSA) is 24.5 Å². The summed E-state index contributed by atoms with van der Waals surface area (Å²) in [6.45, 7) is 3.05. The molecule has 3 aliphatic rings. The third-order valence-corrected chi connectivity index (χ3v) is 2.74. The number of allylic oxidation sites excluding steroid dienone is 2. The normalized spacial score (nSPS) is 37.6. The summed E-state index contributed by atoms with van der Waals surface area (Å²) >= 11 is 0. The van der Waals surface area contributed by atoms with Crippen molar-refractivity contribution in [3.8, 4) is 0 Å². The van der Waals surface area contributed by atoms with Crippen molar-refractivity contribution in [3.05, 3.63) is 24.7 Å². The quantitative estimate of drug-likeness (QED) is 0.514. The molecule has 14 heavy (non-hydrogen) atoms. The summed E-state index contributed by atoms with van der Waals surface area (Å²) in [6.07, 6.45) is 11.1. The molecule has 3 aliphatic heterocycles. The molecule has 1 fully saturated rings. The van der Waals surface area contributed by atoms with Gasteiger partial charge in [0.05, 0.1) is 0 Å². The van der Waals surface area contributed by atoms with Crippen LogP contribution < -0.4 is 0 Å². The molecule has 3 rings (SSSR count). The van der Waals surface area contributed by atoms with E-state index >= 15 is 0 Å². The van der Waals surface area contributed by atoms with Crippen molar-refractivity contribution in [2.45, 2.75) is 19.0 Å². The molecule has 2 unspecified atom stereocenters. The smallest absolute Gasteiger partial charge is 0.349 e. The van der Waals surface area contributed by atoms with Gasteiger partial charge in [0.1, 0.15) is 12.5 Å². The maximum Gasteiger partial charge on any atom is 0.703 e. The maximum atomic E-state index is 5.60. The van der Waals surface area contributed by atoms with Crippen LogP contribution in [0.5, 0.6) is 0 Å². The van der Waals surface area contributed by atoms with E-state index in [4.69, 9.17) is 9.47 Å². The Morgan fingerprint density at radius 3 is 2.71 bits per heavy atom. The van der Waals surface area contributed by atoms with Crippen LogP contribution in [0.15, 0.2) is 24.7 Å². The largest absolute Gasteiger partial charge is 0.703 e. The van der Waals surface area contributed by atoms with Gasteiger partial charge >= 0.3 is 6.03 Å². The molecule has 72 valence electrons. The van der Waals surface area contributed by atoms with Gasteiger partial charge in [0.15, 0.2) is 12.4 Å². The summed E-state index contributed by atoms with van der Waals surface area (Å²) in [5.41, 5.74) is 0. The first-order valence-electron chi connectivity index (χ1n) is 4.74. The molecule has 4 heteroatoms. The zero-order valence-corrected chi connectivity index (χ0v) is 7.96. The predicted molar refractivity (Wildman–Crippen MR) is 50.2 cm³/mol. The van der Waals surface area contributed by atoms with Gasteiger partial charge in [0, 0.05) is 19.1 Å². The highest BCUT2D eigenvalue weighted by molar-refractivity contribution is 5.68. The molecule has 2 atom stereocenters. The molecule has 0 bridgehead atoms. The van der Waals surface area contributed by atoms with E-state index in [1.54, 1.807) is 12.5 Å². The minimum Gasteiger partial charge on any atom is -0.349 e. The lowest BCUT2D eigenvalue weighted by Crippen LogP contribution is -2.51. The molecule has 4 nitrogen and oxygen atoms in total. The minimum absolute atomic E-state index is 0.385. The van der Waals surface area contributed by atoms with Gasteiger partial charge in [-0.15, -0.1) is 0 Å². The van der Waals surface area contributed by atoms with Gasteiger partial charge in [0.2, 0.25) is 12.6 Å². The first-order valence-corrected chi connectivity index (χ1v) is 4.74. The van der Waals surface area contributed by atoms with Crippen LogP contribution in [0.25, 0.3) is 0 Å². The molecule has 0 aromatic carbocycles. The lowest BCUT2D eigenvalue weighted by molar-refractivity contribution is -0.873. The highest BCUT2D eigenvalue weighted by Gasteiger charge is 2.68. The van der Waals surface area contributed by atoms with E-state index in [1.165, 1.54) is 0 Å². The number of ether oxygens (including phenoxy) is 2. The Bertz CT molecular complexity index is 391. The number of hydrogen-bond acceptors (Lipinski definition) is 2. The minimum atomic E-state index is -0.761. The van der Waals surface area contributed by atoms with Crippen molar-refractivity contribution in [2.75, 3.05) is 6.54 Å². The van der Waals surface area contributed by atoms with Crippen LogP contribution in [0, 0.1) is 0 Å². The van der Waals surface area contributed by atoms with Crippen molar-refractivity contribution in [3.63, 3.8) is 0 Å². The molecule has 0 N–H and O–H groups in total. The van der Waals surface area contributed by atoms with Gasteiger partial charge in [-0.05, 0) is 0 Å². The van der Waals surface area contributed by atoms with Crippen LogP contribution in [0.3, 0.4) is 0 Å². The summed E-state index contributed by atoms with van der Waals surface area (Å²) in [4.78, 5) is 0. The van der Waals surface area contributed by atoms with Crippen molar-refractivity contribution in [1.29, 1.82) is 0 Å². The summed E-state index contributed by atoms with van der Waals surface area (Å²) in [5.74, 6) is 0. The lowest BCUT2D eigenvalue weighted by atomic mass is 10.3. The Labute approximate surface area is 82.1 Å². The van der Waals surface area contributed by atoms with Crippen LogP contribution in [-0.2, 0) is 9.47 Å². The average molecular weight is 192 g/mol. The third-order valence-electron chi connectivity index (χ3n) is 2.74. The Hall–Kier alpha value is -1.58. The standard InChI is InChI=1S/C10H12N2O2/c1-9-8-11-4-2-6-13-10(11)12(9)5-3-7-14-10/h2-7,9H,8H2,1H3/q+2. The molecule has 1 spiro atoms. The van der Waals surface area contributed by atoms with Crippen molar-refractivity contribution in [1.82, 2.24) is 0 Å². The van der Waals surface area contributed by atoms with E-state index in [1.807, 2.05) is 24.6 Å². The predicted octanol–water partition coefficient (Wildman–Crippen LogP) is 0.254. The van der Waals surface area contributed by atoms with Crippen LogP contribution in [0.4, 0.5) is 0 Å². The Morgan fingerprint density at radius 1 is 1.21 bits per heavy atom. The van der Waals surface area contributed by atoms with Gasteiger partial charge in [0.25, 0.3) is 0 Å². The zero-order valence-electron chi connectivity index (χ0n) is 7.96. The second-order valence-corrected chi connectivity index (χ2v) is 3.65. The fraction of sp³-hybridized carbons (Fsp3) is 0.400. The highest BCUT2D eigenvalue weighted by atomic mass is 16.7. The molecule has 0 aliphatic carbocycles. The fourth-order valence-electron chi connectivity index (χ4n) is 2.12. The lowest BCUT2D eigenvalue weighted by Gasteiger charge is -2.20. The van der Waals surface area contributed by atoms with E-state index in [-0.39, 0.29) is 0 Å². The Kier molecular flexibility index (Phi) is 1.37. The molecular formula is C10H12N2O2+2. The van der Waals surface area contributed by atoms with Gasteiger partial charge in [-0.3, -0.25) is 0 Å². The van der Waals surface area contributed by atoms with Crippen LogP contribution in [0.1, 0.15) is 6.92 Å². The zero-order chi connectivity index (χ0) is 9.60. The van der Waals surface area contributed by atoms with E-state index in [2.05, 4.69) is 16.1 Å². The molecule has 0 saturated carbocycles. The maximum absolute atomic E-state index is 5.60. The Balaban J connectivity index is 2.15. The van der Waals surface area contributed by atoms with Crippen molar-refractivity contribution >= 4 is 12.4 Å². The number of hydrogen-bond donors (Lipinski definition) is 0. The molecule has 0 radical (unpaired) electrons. The van der Waals surface area contributed by atoms with Gasteiger partial charge in [-0.1, -0.05) is 9.15 Å². The van der Waals surface area contributed by atoms with E-state index in [0.717, 1.165) is 6.54 Å². The summed E-state index contributed by atoms with van der Waals surface area (Å²) in [6, 6.07) is -0.376. The third kappa shape index (κ3) is 0.780. The van der Waals surface area contributed by atoms with Gasteiger partial charge < -0.3 is 9.47 Å². The molecular weight excluding hydrogens is 180 g/mol. The summed E-state index contributed by atoms with van der Waals surface area (Å²) in [7, 11) is 0. The summed E-state index contributed by atoms with van der Waals surface area (Å²) in [5, 5.41) is 0. The second kappa shape index (κ2) is 2.47. The number of rotatable bonds is 0. The average Bonchev–Trinajstić information content (AvgIpc) is 2.51. The number of nitrogens with zero attached hydrogens (tertiary/aromatic N) is 2. The molecule has 0 amide bonds. The molecule has 0 aromatic heterocycles.